The van der Waals surface area contributed by atoms with Crippen molar-refractivity contribution in [1.29, 1.82) is 0 Å². The Labute approximate surface area is 156 Å². The van der Waals surface area contributed by atoms with E-state index in [2.05, 4.69) is 15.6 Å². The topological polar surface area (TPSA) is 63.2 Å². The van der Waals surface area contributed by atoms with Gasteiger partial charge in [-0.3, -0.25) is 4.79 Å². The first-order chi connectivity index (χ1) is 12.7. The Bertz CT molecular complexity index is 934. The maximum atomic E-state index is 11.9. The van der Waals surface area contributed by atoms with Crippen molar-refractivity contribution >= 4 is 33.8 Å². The van der Waals surface area contributed by atoms with Gasteiger partial charge in [-0.1, -0.05) is 18.2 Å². The summed E-state index contributed by atoms with van der Waals surface area (Å²) in [6, 6.07) is 15.5. The van der Waals surface area contributed by atoms with E-state index in [1.54, 1.807) is 7.11 Å². The lowest BCUT2D eigenvalue weighted by molar-refractivity contribution is -0.117. The van der Waals surface area contributed by atoms with Crippen LogP contribution in [0.4, 0.5) is 16.5 Å². The standard InChI is InChI=1S/C20H19N3O2S/c1-25-17-7-3-6-16(11-17)22-20-23-18(12-26-20)14-4-2-5-15(10-14)21-19(24)13-8-9-13/h2-7,10-13H,8-9H2,1H3,(H,21,24)(H,22,23). The number of nitrogens with one attached hydrogen (secondary N) is 2. The molecule has 6 heteroatoms. The lowest BCUT2D eigenvalue weighted by Gasteiger charge is -2.06. The fourth-order valence-electron chi connectivity index (χ4n) is 2.63. The summed E-state index contributed by atoms with van der Waals surface area (Å²) in [5.74, 6) is 1.10. The Hall–Kier alpha value is -2.86. The minimum absolute atomic E-state index is 0.112. The predicted octanol–water partition coefficient (Wildman–Crippen LogP) is 4.91. The number of methoxy groups -OCH3 is 1. The highest BCUT2D eigenvalue weighted by atomic mass is 32.1. The summed E-state index contributed by atoms with van der Waals surface area (Å²) in [6.45, 7) is 0. The Morgan fingerprint density at radius 1 is 1.15 bits per heavy atom. The van der Waals surface area contributed by atoms with Crippen LogP contribution in [0.1, 0.15) is 12.8 Å². The Kier molecular flexibility index (Phi) is 4.58. The third-order valence-corrected chi connectivity index (χ3v) is 4.96. The van der Waals surface area contributed by atoms with Gasteiger partial charge in [0.25, 0.3) is 0 Å². The number of nitrogens with zero attached hydrogens (tertiary/aromatic N) is 1. The molecule has 0 spiro atoms. The zero-order valence-electron chi connectivity index (χ0n) is 14.4. The summed E-state index contributed by atoms with van der Waals surface area (Å²) in [6.07, 6.45) is 1.99. The summed E-state index contributed by atoms with van der Waals surface area (Å²) in [5, 5.41) is 9.09. The van der Waals surface area contributed by atoms with Crippen molar-refractivity contribution in [3.05, 3.63) is 53.9 Å². The predicted molar refractivity (Wildman–Crippen MR) is 105 cm³/mol. The fourth-order valence-corrected chi connectivity index (χ4v) is 3.37. The molecule has 0 unspecified atom stereocenters. The number of carbonyl (C=O) groups is 1. The van der Waals surface area contributed by atoms with Crippen LogP contribution in [0.3, 0.4) is 0 Å². The van der Waals surface area contributed by atoms with Crippen LogP contribution in [0.2, 0.25) is 0 Å². The molecule has 0 bridgehead atoms. The van der Waals surface area contributed by atoms with E-state index in [0.29, 0.717) is 0 Å². The van der Waals surface area contributed by atoms with Gasteiger partial charge >= 0.3 is 0 Å². The van der Waals surface area contributed by atoms with Gasteiger partial charge in [0.15, 0.2) is 5.13 Å². The molecule has 0 atom stereocenters. The second-order valence-electron chi connectivity index (χ2n) is 6.24. The Balaban J connectivity index is 1.49. The maximum Gasteiger partial charge on any atom is 0.227 e. The van der Waals surface area contributed by atoms with E-state index in [9.17, 15) is 4.79 Å². The van der Waals surface area contributed by atoms with E-state index in [1.165, 1.54) is 11.3 Å². The van der Waals surface area contributed by atoms with Crippen LogP contribution in [0.15, 0.2) is 53.9 Å². The van der Waals surface area contributed by atoms with Crippen LogP contribution in [-0.4, -0.2) is 18.0 Å². The molecule has 0 saturated heterocycles. The van der Waals surface area contributed by atoms with Crippen molar-refractivity contribution in [2.45, 2.75) is 12.8 Å². The van der Waals surface area contributed by atoms with Gasteiger partial charge in [0.2, 0.25) is 5.91 Å². The molecule has 1 aliphatic carbocycles. The minimum atomic E-state index is 0.112. The van der Waals surface area contributed by atoms with Crippen molar-refractivity contribution in [3.8, 4) is 17.0 Å². The van der Waals surface area contributed by atoms with Gasteiger partial charge in [0.05, 0.1) is 12.8 Å². The van der Waals surface area contributed by atoms with Crippen molar-refractivity contribution in [3.63, 3.8) is 0 Å². The van der Waals surface area contributed by atoms with Gasteiger partial charge in [-0.15, -0.1) is 11.3 Å². The molecule has 1 aromatic heterocycles. The van der Waals surface area contributed by atoms with E-state index >= 15 is 0 Å². The molecule has 5 nitrogen and oxygen atoms in total. The molecule has 1 fully saturated rings. The van der Waals surface area contributed by atoms with Crippen LogP contribution < -0.4 is 15.4 Å². The minimum Gasteiger partial charge on any atom is -0.497 e. The molecule has 0 aliphatic heterocycles. The highest BCUT2D eigenvalue weighted by Gasteiger charge is 2.29. The van der Waals surface area contributed by atoms with Crippen molar-refractivity contribution in [1.82, 2.24) is 4.98 Å². The molecule has 1 amide bonds. The fraction of sp³-hybridized carbons (Fsp3) is 0.200. The summed E-state index contributed by atoms with van der Waals surface area (Å²) < 4.78 is 5.24. The van der Waals surface area contributed by atoms with Gasteiger partial charge in [-0.2, -0.15) is 0 Å². The smallest absolute Gasteiger partial charge is 0.227 e. The number of benzene rings is 2. The summed E-state index contributed by atoms with van der Waals surface area (Å²) in [4.78, 5) is 16.6. The quantitative estimate of drug-likeness (QED) is 0.651. The molecular formula is C20H19N3O2S. The maximum absolute atomic E-state index is 11.9. The molecule has 1 saturated carbocycles. The van der Waals surface area contributed by atoms with E-state index < -0.39 is 0 Å². The summed E-state index contributed by atoms with van der Waals surface area (Å²) in [7, 11) is 1.65. The SMILES string of the molecule is COc1cccc(Nc2nc(-c3cccc(NC(=O)C4CC4)c3)cs2)c1. The molecule has 26 heavy (non-hydrogen) atoms. The number of anilines is 3. The first-order valence-electron chi connectivity index (χ1n) is 8.49. The number of hydrogen-bond acceptors (Lipinski definition) is 5. The number of carbonyl (C=O) groups excluding carboxylic acids is 1. The van der Waals surface area contributed by atoms with E-state index in [4.69, 9.17) is 4.74 Å². The number of hydrogen-bond donors (Lipinski definition) is 2. The highest BCUT2D eigenvalue weighted by molar-refractivity contribution is 7.14. The largest absolute Gasteiger partial charge is 0.497 e. The first-order valence-corrected chi connectivity index (χ1v) is 9.37. The van der Waals surface area contributed by atoms with Crippen molar-refractivity contribution in [2.24, 2.45) is 5.92 Å². The van der Waals surface area contributed by atoms with Gasteiger partial charge in [-0.05, 0) is 37.1 Å². The zero-order valence-corrected chi connectivity index (χ0v) is 15.2. The van der Waals surface area contributed by atoms with Crippen LogP contribution in [0.5, 0.6) is 5.75 Å². The van der Waals surface area contributed by atoms with Crippen molar-refractivity contribution < 1.29 is 9.53 Å². The highest BCUT2D eigenvalue weighted by Crippen LogP contribution is 2.32. The van der Waals surface area contributed by atoms with Gasteiger partial charge in [0.1, 0.15) is 5.75 Å². The summed E-state index contributed by atoms with van der Waals surface area (Å²) in [5.41, 5.74) is 3.60. The van der Waals surface area contributed by atoms with Gasteiger partial charge in [-0.25, -0.2) is 4.98 Å². The number of ether oxygens (including phenoxy) is 1. The average molecular weight is 365 g/mol. The van der Waals surface area contributed by atoms with Crippen LogP contribution in [0, 0.1) is 5.92 Å². The number of thiazole rings is 1. The summed E-state index contributed by atoms with van der Waals surface area (Å²) >= 11 is 1.54. The number of amides is 1. The molecule has 2 aromatic carbocycles. The third-order valence-electron chi connectivity index (χ3n) is 4.20. The molecule has 2 N–H and O–H groups in total. The average Bonchev–Trinajstić information content (AvgIpc) is 3.42. The molecule has 1 heterocycles. The van der Waals surface area contributed by atoms with Crippen LogP contribution >= 0.6 is 11.3 Å². The van der Waals surface area contributed by atoms with Crippen LogP contribution in [0.25, 0.3) is 11.3 Å². The van der Waals surface area contributed by atoms with Crippen LogP contribution in [-0.2, 0) is 4.79 Å². The van der Waals surface area contributed by atoms with Gasteiger partial charge < -0.3 is 15.4 Å². The monoisotopic (exact) mass is 365 g/mol. The van der Waals surface area contributed by atoms with E-state index in [-0.39, 0.29) is 11.8 Å². The Morgan fingerprint density at radius 3 is 2.77 bits per heavy atom. The van der Waals surface area contributed by atoms with E-state index in [1.807, 2.05) is 53.9 Å². The second kappa shape index (κ2) is 7.17. The lowest BCUT2D eigenvalue weighted by Crippen LogP contribution is -2.13. The molecule has 4 rings (SSSR count). The van der Waals surface area contributed by atoms with Crippen molar-refractivity contribution in [2.75, 3.05) is 17.7 Å². The lowest BCUT2D eigenvalue weighted by atomic mass is 10.1. The molecule has 1 aliphatic rings. The normalized spacial score (nSPS) is 13.3. The van der Waals surface area contributed by atoms with E-state index in [0.717, 1.165) is 46.4 Å². The third kappa shape index (κ3) is 3.86. The zero-order chi connectivity index (χ0) is 17.9. The Morgan fingerprint density at radius 2 is 1.96 bits per heavy atom. The number of rotatable bonds is 6. The second-order valence-corrected chi connectivity index (χ2v) is 7.10. The molecule has 0 radical (unpaired) electrons. The molecule has 3 aromatic rings. The first kappa shape index (κ1) is 16.6. The van der Waals surface area contributed by atoms with Gasteiger partial charge in [0, 0.05) is 34.3 Å². The molecular weight excluding hydrogens is 346 g/mol. The molecule has 132 valence electrons. The number of aromatic nitrogens is 1.